The number of benzene rings is 2. The van der Waals surface area contributed by atoms with Crippen LogP contribution in [0.25, 0.3) is 0 Å². The average molecular weight is 406 g/mol. The number of nitrogens with one attached hydrogen (secondary N) is 1. The molecule has 1 atom stereocenters. The lowest BCUT2D eigenvalue weighted by Crippen LogP contribution is -2.43. The van der Waals surface area contributed by atoms with Crippen molar-refractivity contribution >= 4 is 35.1 Å². The molecule has 0 heterocycles. The molecule has 0 radical (unpaired) electrons. The largest absolute Gasteiger partial charge is 0.467 e. The summed E-state index contributed by atoms with van der Waals surface area (Å²) in [4.78, 5) is 24.1. The van der Waals surface area contributed by atoms with Gasteiger partial charge in [-0.25, -0.2) is 18.0 Å². The Balaban J connectivity index is 2.28. The number of hydrogen-bond donors (Lipinski definition) is 1. The van der Waals surface area contributed by atoms with Crippen LogP contribution in [0, 0.1) is 17.5 Å². The third-order valence-corrected chi connectivity index (χ3v) is 4.05. The molecule has 0 fully saturated rings. The second-order valence-electron chi connectivity index (χ2n) is 5.23. The highest BCUT2D eigenvalue weighted by Crippen LogP contribution is 2.23. The van der Waals surface area contributed by atoms with Gasteiger partial charge in [0.1, 0.15) is 29.1 Å². The number of esters is 1. The van der Waals surface area contributed by atoms with E-state index in [9.17, 15) is 22.8 Å². The second kappa shape index (κ2) is 8.42. The molecule has 0 bridgehead atoms. The van der Waals surface area contributed by atoms with Gasteiger partial charge in [-0.2, -0.15) is 0 Å². The van der Waals surface area contributed by atoms with Crippen LogP contribution in [0.4, 0.5) is 13.2 Å². The summed E-state index contributed by atoms with van der Waals surface area (Å²) in [5.74, 6) is -6.05. The first-order valence-electron chi connectivity index (χ1n) is 7.20. The quantitative estimate of drug-likeness (QED) is 0.766. The van der Waals surface area contributed by atoms with Gasteiger partial charge in [-0.15, -0.1) is 0 Å². The van der Waals surface area contributed by atoms with E-state index in [4.69, 9.17) is 23.2 Å². The van der Waals surface area contributed by atoms with Gasteiger partial charge >= 0.3 is 5.97 Å². The van der Waals surface area contributed by atoms with E-state index in [0.29, 0.717) is 22.7 Å². The van der Waals surface area contributed by atoms with Gasteiger partial charge in [0.15, 0.2) is 0 Å². The van der Waals surface area contributed by atoms with Crippen LogP contribution in [0.15, 0.2) is 30.3 Å². The molecule has 0 saturated heterocycles. The van der Waals surface area contributed by atoms with Crippen molar-refractivity contribution in [2.24, 2.45) is 0 Å². The monoisotopic (exact) mass is 405 g/mol. The first kappa shape index (κ1) is 20.1. The number of ether oxygens (including phenoxy) is 1. The lowest BCUT2D eigenvalue weighted by molar-refractivity contribution is -0.142. The third-order valence-electron chi connectivity index (χ3n) is 3.46. The van der Waals surface area contributed by atoms with Crippen molar-refractivity contribution in [2.45, 2.75) is 12.5 Å². The molecule has 0 unspecified atom stereocenters. The van der Waals surface area contributed by atoms with Crippen molar-refractivity contribution in [3.8, 4) is 0 Å². The number of rotatable bonds is 5. The molecule has 138 valence electrons. The van der Waals surface area contributed by atoms with Gasteiger partial charge in [0.25, 0.3) is 5.91 Å². The van der Waals surface area contributed by atoms with Crippen molar-refractivity contribution in [1.82, 2.24) is 5.32 Å². The minimum Gasteiger partial charge on any atom is -0.467 e. The molecular weight excluding hydrogens is 394 g/mol. The zero-order chi connectivity index (χ0) is 19.4. The first-order valence-corrected chi connectivity index (χ1v) is 7.95. The maximum atomic E-state index is 13.7. The SMILES string of the molecule is COC(=O)[C@H](Cc1ccc(Cl)cc1Cl)NC(=O)c1c(F)cc(F)cc1F. The third kappa shape index (κ3) is 4.68. The van der Waals surface area contributed by atoms with Crippen LogP contribution >= 0.6 is 23.2 Å². The predicted molar refractivity (Wildman–Crippen MR) is 89.8 cm³/mol. The molecule has 2 aromatic rings. The summed E-state index contributed by atoms with van der Waals surface area (Å²) in [5, 5.41) is 2.77. The van der Waals surface area contributed by atoms with E-state index in [1.165, 1.54) is 18.2 Å². The maximum Gasteiger partial charge on any atom is 0.328 e. The summed E-state index contributed by atoms with van der Waals surface area (Å²) in [6, 6.07) is 3.94. The van der Waals surface area contributed by atoms with E-state index in [1.54, 1.807) is 0 Å². The van der Waals surface area contributed by atoms with Crippen LogP contribution < -0.4 is 5.32 Å². The summed E-state index contributed by atoms with van der Waals surface area (Å²) in [5.41, 5.74) is -0.561. The Labute approximate surface area is 156 Å². The summed E-state index contributed by atoms with van der Waals surface area (Å²) < 4.78 is 45.0. The zero-order valence-electron chi connectivity index (χ0n) is 13.3. The van der Waals surface area contributed by atoms with Crippen molar-refractivity contribution in [3.05, 3.63) is 69.0 Å². The summed E-state index contributed by atoms with van der Waals surface area (Å²) >= 11 is 11.8. The molecule has 0 spiro atoms. The number of halogens is 5. The molecular formula is C17H12Cl2F3NO3. The lowest BCUT2D eigenvalue weighted by Gasteiger charge is -2.18. The number of amides is 1. The summed E-state index contributed by atoms with van der Waals surface area (Å²) in [7, 11) is 1.09. The Hall–Kier alpha value is -2.25. The fourth-order valence-corrected chi connectivity index (χ4v) is 2.72. The number of hydrogen-bond acceptors (Lipinski definition) is 3. The number of carbonyl (C=O) groups is 2. The molecule has 0 aliphatic heterocycles. The maximum absolute atomic E-state index is 13.7. The second-order valence-corrected chi connectivity index (χ2v) is 6.08. The van der Waals surface area contributed by atoms with Gasteiger partial charge < -0.3 is 10.1 Å². The minimum atomic E-state index is -1.40. The lowest BCUT2D eigenvalue weighted by atomic mass is 10.0. The molecule has 0 aromatic heterocycles. The van der Waals surface area contributed by atoms with E-state index in [-0.39, 0.29) is 11.4 Å². The number of methoxy groups -OCH3 is 1. The fourth-order valence-electron chi connectivity index (χ4n) is 2.23. The molecule has 0 saturated carbocycles. The Bertz CT molecular complexity index is 838. The Morgan fingerprint density at radius 3 is 2.27 bits per heavy atom. The van der Waals surface area contributed by atoms with Crippen molar-refractivity contribution in [3.63, 3.8) is 0 Å². The van der Waals surface area contributed by atoms with Crippen LogP contribution in [0.2, 0.25) is 10.0 Å². The van der Waals surface area contributed by atoms with Crippen LogP contribution in [0.3, 0.4) is 0 Å². The smallest absolute Gasteiger partial charge is 0.328 e. The topological polar surface area (TPSA) is 55.4 Å². The summed E-state index contributed by atoms with van der Waals surface area (Å²) in [6.45, 7) is 0. The van der Waals surface area contributed by atoms with Gasteiger partial charge in [0.05, 0.1) is 7.11 Å². The standard InChI is InChI=1S/C17H12Cl2F3NO3/c1-26-17(25)14(4-8-2-3-9(18)5-11(8)19)23-16(24)15-12(21)6-10(20)7-13(15)22/h2-3,5-7,14H,4H2,1H3,(H,23,24)/t14-/m0/s1. The number of carbonyl (C=O) groups excluding carboxylic acids is 2. The zero-order valence-corrected chi connectivity index (χ0v) is 14.8. The van der Waals surface area contributed by atoms with Crippen LogP contribution in [0.5, 0.6) is 0 Å². The van der Waals surface area contributed by atoms with Gasteiger partial charge in [0, 0.05) is 28.6 Å². The molecule has 9 heteroatoms. The van der Waals surface area contributed by atoms with Gasteiger partial charge in [-0.1, -0.05) is 29.3 Å². The molecule has 2 aromatic carbocycles. The van der Waals surface area contributed by atoms with E-state index in [0.717, 1.165) is 7.11 Å². The molecule has 0 aliphatic carbocycles. The van der Waals surface area contributed by atoms with E-state index < -0.39 is 40.9 Å². The van der Waals surface area contributed by atoms with Crippen molar-refractivity contribution < 1.29 is 27.5 Å². The highest BCUT2D eigenvalue weighted by molar-refractivity contribution is 6.35. The van der Waals surface area contributed by atoms with E-state index >= 15 is 0 Å². The van der Waals surface area contributed by atoms with E-state index in [2.05, 4.69) is 10.1 Å². The van der Waals surface area contributed by atoms with Crippen LogP contribution in [0.1, 0.15) is 15.9 Å². The highest BCUT2D eigenvalue weighted by Gasteiger charge is 2.27. The minimum absolute atomic E-state index is 0.112. The van der Waals surface area contributed by atoms with Crippen molar-refractivity contribution in [2.75, 3.05) is 7.11 Å². The molecule has 26 heavy (non-hydrogen) atoms. The van der Waals surface area contributed by atoms with Crippen LogP contribution in [-0.2, 0) is 16.0 Å². The Morgan fingerprint density at radius 2 is 1.73 bits per heavy atom. The van der Waals surface area contributed by atoms with Gasteiger partial charge in [-0.3, -0.25) is 4.79 Å². The molecule has 1 N–H and O–H groups in total. The Morgan fingerprint density at radius 1 is 1.12 bits per heavy atom. The first-order chi connectivity index (χ1) is 12.2. The normalized spacial score (nSPS) is 11.8. The summed E-state index contributed by atoms with van der Waals surface area (Å²) in [6.07, 6.45) is -0.112. The molecule has 0 aliphatic rings. The predicted octanol–water partition coefficient (Wildman–Crippen LogP) is 3.92. The van der Waals surface area contributed by atoms with E-state index in [1.807, 2.05) is 0 Å². The molecule has 1 amide bonds. The Kier molecular flexibility index (Phi) is 6.50. The van der Waals surface area contributed by atoms with Gasteiger partial charge in [-0.05, 0) is 17.7 Å². The van der Waals surface area contributed by atoms with Gasteiger partial charge in [0.2, 0.25) is 0 Å². The van der Waals surface area contributed by atoms with Crippen molar-refractivity contribution in [1.29, 1.82) is 0 Å². The average Bonchev–Trinajstić information content (AvgIpc) is 2.54. The molecule has 4 nitrogen and oxygen atoms in total. The highest BCUT2D eigenvalue weighted by atomic mass is 35.5. The van der Waals surface area contributed by atoms with Crippen LogP contribution in [-0.4, -0.2) is 25.0 Å². The fraction of sp³-hybridized carbons (Fsp3) is 0.176. The molecule has 2 rings (SSSR count).